The first-order valence-corrected chi connectivity index (χ1v) is 5.17. The molecule has 0 radical (unpaired) electrons. The highest BCUT2D eigenvalue weighted by molar-refractivity contribution is 9.10. The molecule has 80 valence electrons. The smallest absolute Gasteiger partial charge is 0.337 e. The van der Waals surface area contributed by atoms with Crippen LogP contribution in [0.25, 0.3) is 5.57 Å². The minimum Gasteiger partial charge on any atom is -0.478 e. The normalized spacial score (nSPS) is 11.3. The van der Waals surface area contributed by atoms with Crippen LogP contribution in [-0.2, 0) is 4.79 Å². The van der Waals surface area contributed by atoms with Crippen molar-refractivity contribution in [3.05, 3.63) is 40.5 Å². The van der Waals surface area contributed by atoms with Crippen molar-refractivity contribution in [3.63, 3.8) is 0 Å². The average molecular weight is 270 g/mol. The summed E-state index contributed by atoms with van der Waals surface area (Å²) < 4.78 is 0.867. The van der Waals surface area contributed by atoms with Gasteiger partial charge < -0.3 is 10.0 Å². The van der Waals surface area contributed by atoms with Crippen molar-refractivity contribution >= 4 is 27.5 Å². The SMILES string of the molecule is CN(C)/C=C(\C(=O)O)c1cccc(Br)c1. The number of carboxylic acid groups (broad SMARTS) is 1. The molecule has 0 aromatic heterocycles. The van der Waals surface area contributed by atoms with E-state index in [1.807, 2.05) is 12.1 Å². The fourth-order valence-electron chi connectivity index (χ4n) is 1.17. The molecule has 0 atom stereocenters. The molecule has 0 bridgehead atoms. The lowest BCUT2D eigenvalue weighted by molar-refractivity contribution is -0.130. The van der Waals surface area contributed by atoms with Crippen molar-refractivity contribution in [1.29, 1.82) is 0 Å². The van der Waals surface area contributed by atoms with E-state index in [0.29, 0.717) is 5.56 Å². The van der Waals surface area contributed by atoms with E-state index in [2.05, 4.69) is 15.9 Å². The van der Waals surface area contributed by atoms with Crippen LogP contribution in [0.5, 0.6) is 0 Å². The summed E-state index contributed by atoms with van der Waals surface area (Å²) in [7, 11) is 3.59. The van der Waals surface area contributed by atoms with Gasteiger partial charge in [0.15, 0.2) is 0 Å². The van der Waals surface area contributed by atoms with Gasteiger partial charge in [-0.3, -0.25) is 0 Å². The number of carboxylic acids is 1. The quantitative estimate of drug-likeness (QED) is 0.857. The van der Waals surface area contributed by atoms with Gasteiger partial charge in [0.05, 0.1) is 5.57 Å². The number of aliphatic carboxylic acids is 1. The fraction of sp³-hybridized carbons (Fsp3) is 0.182. The number of hydrogen-bond donors (Lipinski definition) is 1. The van der Waals surface area contributed by atoms with Crippen LogP contribution in [0.1, 0.15) is 5.56 Å². The lowest BCUT2D eigenvalue weighted by Gasteiger charge is -2.09. The Bertz CT molecular complexity index is 399. The fourth-order valence-corrected chi connectivity index (χ4v) is 1.57. The van der Waals surface area contributed by atoms with Gasteiger partial charge in [0.1, 0.15) is 0 Å². The molecule has 1 rings (SSSR count). The van der Waals surface area contributed by atoms with Crippen LogP contribution in [0.2, 0.25) is 0 Å². The second-order valence-corrected chi connectivity index (χ2v) is 4.24. The molecule has 1 aromatic rings. The largest absolute Gasteiger partial charge is 0.478 e. The highest BCUT2D eigenvalue weighted by Crippen LogP contribution is 2.19. The van der Waals surface area contributed by atoms with Crippen LogP contribution in [0.4, 0.5) is 0 Å². The molecule has 4 heteroatoms. The topological polar surface area (TPSA) is 40.5 Å². The van der Waals surface area contributed by atoms with Crippen molar-refractivity contribution in [2.75, 3.05) is 14.1 Å². The van der Waals surface area contributed by atoms with Gasteiger partial charge in [-0.1, -0.05) is 28.1 Å². The lowest BCUT2D eigenvalue weighted by Crippen LogP contribution is -2.08. The van der Waals surface area contributed by atoms with Crippen LogP contribution in [0.15, 0.2) is 34.9 Å². The Balaban J connectivity index is 3.16. The third-order valence-electron chi connectivity index (χ3n) is 1.75. The minimum absolute atomic E-state index is 0.279. The van der Waals surface area contributed by atoms with Crippen molar-refractivity contribution in [2.45, 2.75) is 0 Å². The van der Waals surface area contributed by atoms with Crippen LogP contribution in [0, 0.1) is 0 Å². The number of carbonyl (C=O) groups is 1. The molecule has 1 aromatic carbocycles. The average Bonchev–Trinajstić information content (AvgIpc) is 2.13. The van der Waals surface area contributed by atoms with Crippen molar-refractivity contribution in [2.24, 2.45) is 0 Å². The highest BCUT2D eigenvalue weighted by atomic mass is 79.9. The molecule has 15 heavy (non-hydrogen) atoms. The van der Waals surface area contributed by atoms with E-state index in [-0.39, 0.29) is 5.57 Å². The van der Waals surface area contributed by atoms with Gasteiger partial charge in [0.25, 0.3) is 0 Å². The zero-order valence-electron chi connectivity index (χ0n) is 8.57. The number of halogens is 1. The third-order valence-corrected chi connectivity index (χ3v) is 2.25. The lowest BCUT2D eigenvalue weighted by atomic mass is 10.1. The van der Waals surface area contributed by atoms with Gasteiger partial charge in [-0.25, -0.2) is 4.79 Å². The molecule has 0 heterocycles. The number of nitrogens with zero attached hydrogens (tertiary/aromatic N) is 1. The van der Waals surface area contributed by atoms with E-state index >= 15 is 0 Å². The zero-order chi connectivity index (χ0) is 11.4. The Morgan fingerprint density at radius 2 is 2.13 bits per heavy atom. The van der Waals surface area contributed by atoms with Gasteiger partial charge in [-0.15, -0.1) is 0 Å². The van der Waals surface area contributed by atoms with Crippen LogP contribution in [-0.4, -0.2) is 30.1 Å². The van der Waals surface area contributed by atoms with Gasteiger partial charge in [-0.05, 0) is 17.7 Å². The Labute approximate surface area is 97.1 Å². The van der Waals surface area contributed by atoms with E-state index in [1.165, 1.54) is 0 Å². The minimum atomic E-state index is -0.929. The Kier molecular flexibility index (Phi) is 3.91. The zero-order valence-corrected chi connectivity index (χ0v) is 10.2. The molecule has 0 fully saturated rings. The first-order valence-electron chi connectivity index (χ1n) is 4.38. The standard InChI is InChI=1S/C11H12BrNO2/c1-13(2)7-10(11(14)15)8-4-3-5-9(12)6-8/h3-7H,1-2H3,(H,14,15)/b10-7-. The second kappa shape index (κ2) is 4.98. The summed E-state index contributed by atoms with van der Waals surface area (Å²) in [6.07, 6.45) is 1.59. The van der Waals surface area contributed by atoms with E-state index in [0.717, 1.165) is 4.47 Å². The summed E-state index contributed by atoms with van der Waals surface area (Å²) in [5.41, 5.74) is 0.965. The van der Waals surface area contributed by atoms with Gasteiger partial charge in [0, 0.05) is 24.8 Å². The molecule has 0 aliphatic heterocycles. The van der Waals surface area contributed by atoms with E-state index in [4.69, 9.17) is 5.11 Å². The molecule has 3 nitrogen and oxygen atoms in total. The van der Waals surface area contributed by atoms with Crippen molar-refractivity contribution < 1.29 is 9.90 Å². The molecule has 0 spiro atoms. The predicted molar refractivity (Wildman–Crippen MR) is 63.4 cm³/mol. The summed E-state index contributed by atoms with van der Waals surface area (Å²) in [5.74, 6) is -0.929. The summed E-state index contributed by atoms with van der Waals surface area (Å²) in [5, 5.41) is 9.06. The monoisotopic (exact) mass is 269 g/mol. The molecule has 0 amide bonds. The molecular weight excluding hydrogens is 258 g/mol. The molecule has 1 N–H and O–H groups in total. The Hall–Kier alpha value is -1.29. The van der Waals surface area contributed by atoms with Gasteiger partial charge >= 0.3 is 5.97 Å². The summed E-state index contributed by atoms with van der Waals surface area (Å²) in [6, 6.07) is 7.22. The molecule has 0 unspecified atom stereocenters. The molecule has 0 saturated heterocycles. The molecular formula is C11H12BrNO2. The first kappa shape index (κ1) is 11.8. The van der Waals surface area contributed by atoms with E-state index < -0.39 is 5.97 Å². The number of rotatable bonds is 3. The van der Waals surface area contributed by atoms with Gasteiger partial charge in [0.2, 0.25) is 0 Å². The maximum absolute atomic E-state index is 11.0. The Morgan fingerprint density at radius 3 is 2.60 bits per heavy atom. The number of benzene rings is 1. The first-order chi connectivity index (χ1) is 7.00. The predicted octanol–water partition coefficient (Wildman–Crippen LogP) is 2.44. The maximum Gasteiger partial charge on any atom is 0.337 e. The second-order valence-electron chi connectivity index (χ2n) is 3.32. The molecule has 0 saturated carbocycles. The maximum atomic E-state index is 11.0. The third kappa shape index (κ3) is 3.40. The van der Waals surface area contributed by atoms with Crippen molar-refractivity contribution in [1.82, 2.24) is 4.90 Å². The van der Waals surface area contributed by atoms with Crippen LogP contribution in [0.3, 0.4) is 0 Å². The summed E-state index contributed by atoms with van der Waals surface area (Å²) in [6.45, 7) is 0. The van der Waals surface area contributed by atoms with E-state index in [9.17, 15) is 4.79 Å². The van der Waals surface area contributed by atoms with E-state index in [1.54, 1.807) is 37.3 Å². The van der Waals surface area contributed by atoms with Crippen LogP contribution < -0.4 is 0 Å². The molecule has 0 aliphatic carbocycles. The summed E-state index contributed by atoms with van der Waals surface area (Å²) in [4.78, 5) is 12.7. The molecule has 0 aliphatic rings. The summed E-state index contributed by atoms with van der Waals surface area (Å²) >= 11 is 3.31. The number of hydrogen-bond acceptors (Lipinski definition) is 2. The van der Waals surface area contributed by atoms with Crippen LogP contribution >= 0.6 is 15.9 Å². The highest BCUT2D eigenvalue weighted by Gasteiger charge is 2.10. The Morgan fingerprint density at radius 1 is 1.47 bits per heavy atom. The van der Waals surface area contributed by atoms with Gasteiger partial charge in [-0.2, -0.15) is 0 Å². The van der Waals surface area contributed by atoms with Crippen molar-refractivity contribution in [3.8, 4) is 0 Å².